The van der Waals surface area contributed by atoms with E-state index in [1.807, 2.05) is 23.0 Å². The number of hydrogen-bond acceptors (Lipinski definition) is 1. The molecule has 0 radical (unpaired) electrons. The van der Waals surface area contributed by atoms with Gasteiger partial charge in [-0.25, -0.2) is 0 Å². The van der Waals surface area contributed by atoms with Crippen molar-refractivity contribution in [3.05, 3.63) is 55.9 Å². The zero-order valence-corrected chi connectivity index (χ0v) is 15.8. The van der Waals surface area contributed by atoms with Crippen molar-refractivity contribution in [2.45, 2.75) is 25.7 Å². The maximum absolute atomic E-state index is 5.48. The summed E-state index contributed by atoms with van der Waals surface area (Å²) in [4.78, 5) is 0. The highest BCUT2D eigenvalue weighted by Gasteiger charge is 2.23. The summed E-state index contributed by atoms with van der Waals surface area (Å²) in [5, 5.41) is 2.74. The van der Waals surface area contributed by atoms with Gasteiger partial charge in [-0.1, -0.05) is 24.3 Å². The predicted octanol–water partition coefficient (Wildman–Crippen LogP) is 6.22. The normalized spacial score (nSPS) is 16.9. The molecule has 0 saturated heterocycles. The average molecular weight is 500 g/mol. The summed E-state index contributed by atoms with van der Waals surface area (Å²) in [5.74, 6) is 1.09. The second-order valence-corrected chi connectivity index (χ2v) is 7.44. The van der Waals surface area contributed by atoms with Crippen LogP contribution in [0.4, 0.5) is 0 Å². The van der Waals surface area contributed by atoms with Gasteiger partial charge in [0.2, 0.25) is 0 Å². The first-order valence-electron chi connectivity index (χ1n) is 7.19. The lowest BCUT2D eigenvalue weighted by Crippen LogP contribution is -2.09. The van der Waals surface area contributed by atoms with Gasteiger partial charge in [0.25, 0.3) is 0 Å². The van der Waals surface area contributed by atoms with Crippen LogP contribution in [0.2, 0.25) is 0 Å². The fourth-order valence-electron chi connectivity index (χ4n) is 3.52. The van der Waals surface area contributed by atoms with Crippen molar-refractivity contribution in [3.63, 3.8) is 0 Å². The number of allylic oxidation sites excluding steroid dienone is 2. The standard InChI is InChI=1S/C18H14I2O/c19-11-5-7-15-16-8-6-12(21-20)10-18(16)14-4-2-1-3-13(14)17(15)9-11/h1-4,9-10H,5-8H2. The van der Waals surface area contributed by atoms with Crippen LogP contribution in [0, 0.1) is 0 Å². The molecule has 106 valence electrons. The van der Waals surface area contributed by atoms with Gasteiger partial charge in [0.15, 0.2) is 23.0 Å². The van der Waals surface area contributed by atoms with E-state index in [1.54, 1.807) is 11.1 Å². The Morgan fingerprint density at radius 1 is 0.810 bits per heavy atom. The lowest BCUT2D eigenvalue weighted by Gasteiger charge is -2.25. The van der Waals surface area contributed by atoms with Gasteiger partial charge in [0.05, 0.1) is 0 Å². The Balaban J connectivity index is 2.12. The van der Waals surface area contributed by atoms with Gasteiger partial charge in [-0.05, 0) is 90.6 Å². The molecule has 1 nitrogen and oxygen atoms in total. The molecule has 0 amide bonds. The summed E-state index contributed by atoms with van der Waals surface area (Å²) in [6, 6.07) is 8.79. The fourth-order valence-corrected chi connectivity index (χ4v) is 4.45. The van der Waals surface area contributed by atoms with Gasteiger partial charge in [0, 0.05) is 6.42 Å². The first-order chi connectivity index (χ1) is 10.3. The van der Waals surface area contributed by atoms with Crippen molar-refractivity contribution < 1.29 is 3.07 Å². The van der Waals surface area contributed by atoms with E-state index in [-0.39, 0.29) is 0 Å². The summed E-state index contributed by atoms with van der Waals surface area (Å²) < 4.78 is 6.94. The third kappa shape index (κ3) is 2.32. The van der Waals surface area contributed by atoms with E-state index in [1.165, 1.54) is 38.3 Å². The van der Waals surface area contributed by atoms with E-state index in [2.05, 4.69) is 59.0 Å². The molecular weight excluding hydrogens is 486 g/mol. The monoisotopic (exact) mass is 500 g/mol. The van der Waals surface area contributed by atoms with E-state index in [9.17, 15) is 0 Å². The summed E-state index contributed by atoms with van der Waals surface area (Å²) >= 11 is 4.48. The van der Waals surface area contributed by atoms with Gasteiger partial charge < -0.3 is 3.07 Å². The second-order valence-electron chi connectivity index (χ2n) is 5.61. The minimum atomic E-state index is 1.02. The lowest BCUT2D eigenvalue weighted by atomic mass is 9.81. The number of fused-ring (bicyclic) bond motifs is 6. The minimum absolute atomic E-state index is 1.02. The highest BCUT2D eigenvalue weighted by molar-refractivity contribution is 14.1. The first kappa shape index (κ1) is 14.1. The molecule has 2 aromatic carbocycles. The van der Waals surface area contributed by atoms with Crippen LogP contribution in [0.3, 0.4) is 0 Å². The highest BCUT2D eigenvalue weighted by atomic mass is 127. The molecule has 2 aliphatic carbocycles. The summed E-state index contributed by atoms with van der Waals surface area (Å²) in [7, 11) is 0. The fraction of sp³-hybridized carbons (Fsp3) is 0.222. The molecule has 0 unspecified atom stereocenters. The van der Waals surface area contributed by atoms with Crippen LogP contribution in [0.15, 0.2) is 33.6 Å². The average Bonchev–Trinajstić information content (AvgIpc) is 2.54. The zero-order chi connectivity index (χ0) is 14.4. The third-order valence-electron chi connectivity index (χ3n) is 4.46. The summed E-state index contributed by atoms with van der Waals surface area (Å²) in [6.45, 7) is 0. The molecule has 2 aliphatic rings. The SMILES string of the molecule is IOC1=Cc2c(c3c(c4ccccc24)C=C(I)CC3)CC1. The highest BCUT2D eigenvalue weighted by Crippen LogP contribution is 2.41. The Kier molecular flexibility index (Phi) is 3.73. The number of benzene rings is 2. The van der Waals surface area contributed by atoms with E-state index in [4.69, 9.17) is 3.07 Å². The molecule has 3 heteroatoms. The molecule has 0 heterocycles. The Hall–Kier alpha value is -0.560. The molecule has 0 aliphatic heterocycles. The number of hydrogen-bond donors (Lipinski definition) is 0. The quantitative estimate of drug-likeness (QED) is 0.423. The lowest BCUT2D eigenvalue weighted by molar-refractivity contribution is 0.526. The first-order valence-corrected chi connectivity index (χ1v) is 9.15. The molecule has 0 spiro atoms. The Morgan fingerprint density at radius 2 is 1.43 bits per heavy atom. The zero-order valence-electron chi connectivity index (χ0n) is 11.5. The minimum Gasteiger partial charge on any atom is -0.432 e. The van der Waals surface area contributed by atoms with Crippen molar-refractivity contribution in [3.8, 4) is 0 Å². The van der Waals surface area contributed by atoms with Crippen molar-refractivity contribution in [1.29, 1.82) is 0 Å². The van der Waals surface area contributed by atoms with Crippen LogP contribution < -0.4 is 0 Å². The molecule has 2 aromatic rings. The molecule has 21 heavy (non-hydrogen) atoms. The second kappa shape index (κ2) is 5.57. The van der Waals surface area contributed by atoms with Gasteiger partial charge in [-0.15, -0.1) is 0 Å². The smallest absolute Gasteiger partial charge is 0.192 e. The van der Waals surface area contributed by atoms with Crippen molar-refractivity contribution in [2.24, 2.45) is 0 Å². The topological polar surface area (TPSA) is 9.23 Å². The predicted molar refractivity (Wildman–Crippen MR) is 106 cm³/mol. The van der Waals surface area contributed by atoms with Crippen LogP contribution in [0.1, 0.15) is 35.1 Å². The molecule has 0 fully saturated rings. The molecular formula is C18H14I2O. The maximum Gasteiger partial charge on any atom is 0.192 e. The van der Waals surface area contributed by atoms with Gasteiger partial charge in [-0.3, -0.25) is 0 Å². The molecule has 0 bridgehead atoms. The van der Waals surface area contributed by atoms with Gasteiger partial charge in [-0.2, -0.15) is 0 Å². The van der Waals surface area contributed by atoms with Gasteiger partial charge >= 0.3 is 0 Å². The van der Waals surface area contributed by atoms with Crippen LogP contribution in [0.5, 0.6) is 0 Å². The van der Waals surface area contributed by atoms with Crippen LogP contribution in [-0.2, 0) is 15.9 Å². The number of halogens is 2. The molecule has 0 N–H and O–H groups in total. The van der Waals surface area contributed by atoms with E-state index >= 15 is 0 Å². The summed E-state index contributed by atoms with van der Waals surface area (Å²) in [5.41, 5.74) is 5.94. The van der Waals surface area contributed by atoms with Crippen LogP contribution in [0.25, 0.3) is 22.9 Å². The largest absolute Gasteiger partial charge is 0.432 e. The van der Waals surface area contributed by atoms with Crippen molar-refractivity contribution >= 4 is 68.5 Å². The van der Waals surface area contributed by atoms with Gasteiger partial charge in [0.1, 0.15) is 5.76 Å². The number of rotatable bonds is 1. The van der Waals surface area contributed by atoms with E-state index in [0.717, 1.165) is 18.6 Å². The molecule has 0 atom stereocenters. The molecule has 0 saturated carbocycles. The third-order valence-corrected chi connectivity index (χ3v) is 5.88. The Morgan fingerprint density at radius 3 is 2.10 bits per heavy atom. The maximum atomic E-state index is 5.48. The Labute approximate surface area is 152 Å². The molecule has 0 aromatic heterocycles. The Bertz CT molecular complexity index is 802. The van der Waals surface area contributed by atoms with Crippen LogP contribution in [-0.4, -0.2) is 0 Å². The van der Waals surface area contributed by atoms with Crippen LogP contribution >= 0.6 is 45.6 Å². The summed E-state index contributed by atoms with van der Waals surface area (Å²) in [6.07, 6.45) is 9.10. The van der Waals surface area contributed by atoms with Crippen molar-refractivity contribution in [1.82, 2.24) is 0 Å². The van der Waals surface area contributed by atoms with E-state index < -0.39 is 0 Å². The van der Waals surface area contributed by atoms with E-state index in [0.29, 0.717) is 0 Å². The van der Waals surface area contributed by atoms with Crippen molar-refractivity contribution in [2.75, 3.05) is 0 Å². The molecule has 4 rings (SSSR count).